The number of nitrogens with zero attached hydrogens (tertiary/aromatic N) is 1. The highest BCUT2D eigenvalue weighted by molar-refractivity contribution is 5.61. The van der Waals surface area contributed by atoms with Gasteiger partial charge in [0.05, 0.1) is 35.6 Å². The molecule has 4 nitrogen and oxygen atoms in total. The Morgan fingerprint density at radius 3 is 3.20 bits per heavy atom. The zero-order valence-corrected chi connectivity index (χ0v) is 8.43. The third kappa shape index (κ3) is 1.09. The van der Waals surface area contributed by atoms with Crippen molar-refractivity contribution in [2.75, 3.05) is 0 Å². The largest absolute Gasteiger partial charge is 0.391 e. The SMILES string of the molecule is C=C1N[C@H]2[C@H](N)[C@H](O)C[C@H]2n2cccc21. The molecule has 0 aromatic carbocycles. The molecule has 15 heavy (non-hydrogen) atoms. The van der Waals surface area contributed by atoms with Crippen LogP contribution >= 0.6 is 0 Å². The van der Waals surface area contributed by atoms with Crippen molar-refractivity contribution in [1.82, 2.24) is 9.88 Å². The predicted octanol–water partition coefficient (Wildman–Crippen LogP) is 0.0636. The molecule has 4 heteroatoms. The van der Waals surface area contributed by atoms with Crippen LogP contribution in [0.1, 0.15) is 18.2 Å². The number of aromatic nitrogens is 1. The highest BCUT2D eigenvalue weighted by Crippen LogP contribution is 2.36. The van der Waals surface area contributed by atoms with Crippen LogP contribution in [0.5, 0.6) is 0 Å². The summed E-state index contributed by atoms with van der Waals surface area (Å²) in [5, 5.41) is 13.1. The van der Waals surface area contributed by atoms with Gasteiger partial charge < -0.3 is 20.7 Å². The first-order valence-electron chi connectivity index (χ1n) is 5.25. The second-order valence-electron chi connectivity index (χ2n) is 4.40. The fraction of sp³-hybridized carbons (Fsp3) is 0.455. The zero-order chi connectivity index (χ0) is 10.6. The lowest BCUT2D eigenvalue weighted by atomic mass is 10.1. The lowest BCUT2D eigenvalue weighted by molar-refractivity contribution is 0.159. The van der Waals surface area contributed by atoms with Crippen LogP contribution in [0.25, 0.3) is 5.70 Å². The molecule has 1 aromatic heterocycles. The summed E-state index contributed by atoms with van der Waals surface area (Å²) in [7, 11) is 0. The smallest absolute Gasteiger partial charge is 0.0732 e. The Balaban J connectivity index is 2.07. The predicted molar refractivity (Wildman–Crippen MR) is 58.0 cm³/mol. The van der Waals surface area contributed by atoms with Gasteiger partial charge in [-0.2, -0.15) is 0 Å². The second-order valence-corrected chi connectivity index (χ2v) is 4.40. The summed E-state index contributed by atoms with van der Waals surface area (Å²) >= 11 is 0. The van der Waals surface area contributed by atoms with Gasteiger partial charge in [-0.05, 0) is 18.6 Å². The summed E-state index contributed by atoms with van der Waals surface area (Å²) in [6.45, 7) is 3.98. The molecule has 2 aliphatic rings. The van der Waals surface area contributed by atoms with E-state index < -0.39 is 6.10 Å². The lowest BCUT2D eigenvalue weighted by Crippen LogP contribution is -2.49. The molecule has 80 valence electrons. The van der Waals surface area contributed by atoms with E-state index in [1.807, 2.05) is 18.3 Å². The second kappa shape index (κ2) is 2.87. The average Bonchev–Trinajstić information content (AvgIpc) is 2.77. The van der Waals surface area contributed by atoms with E-state index in [0.29, 0.717) is 6.42 Å². The quantitative estimate of drug-likeness (QED) is 0.561. The molecule has 0 radical (unpaired) electrons. The minimum Gasteiger partial charge on any atom is -0.391 e. The van der Waals surface area contributed by atoms with Gasteiger partial charge in [-0.1, -0.05) is 6.58 Å². The summed E-state index contributed by atoms with van der Waals surface area (Å²) in [5.41, 5.74) is 7.94. The van der Waals surface area contributed by atoms with E-state index in [2.05, 4.69) is 16.5 Å². The van der Waals surface area contributed by atoms with Crippen LogP contribution in [0.15, 0.2) is 24.9 Å². The molecule has 0 bridgehead atoms. The van der Waals surface area contributed by atoms with E-state index in [0.717, 1.165) is 11.4 Å². The van der Waals surface area contributed by atoms with E-state index in [1.165, 1.54) is 0 Å². The molecule has 1 aliphatic heterocycles. The van der Waals surface area contributed by atoms with Gasteiger partial charge >= 0.3 is 0 Å². The average molecular weight is 205 g/mol. The van der Waals surface area contributed by atoms with Crippen molar-refractivity contribution >= 4 is 5.70 Å². The number of fused-ring (bicyclic) bond motifs is 3. The lowest BCUT2D eigenvalue weighted by Gasteiger charge is -2.33. The number of aliphatic hydroxyl groups excluding tert-OH is 1. The first-order valence-corrected chi connectivity index (χ1v) is 5.25. The van der Waals surface area contributed by atoms with Crippen LogP contribution in [0.2, 0.25) is 0 Å². The summed E-state index contributed by atoms with van der Waals surface area (Å²) in [5.74, 6) is 0. The summed E-state index contributed by atoms with van der Waals surface area (Å²) in [4.78, 5) is 0. The Bertz CT molecular complexity index is 412. The van der Waals surface area contributed by atoms with Gasteiger partial charge in [0.1, 0.15) is 0 Å². The minimum absolute atomic E-state index is 0.104. The van der Waals surface area contributed by atoms with E-state index in [9.17, 15) is 5.11 Å². The summed E-state index contributed by atoms with van der Waals surface area (Å²) < 4.78 is 2.17. The molecule has 1 aromatic rings. The highest BCUT2D eigenvalue weighted by Gasteiger charge is 2.44. The highest BCUT2D eigenvalue weighted by atomic mass is 16.3. The van der Waals surface area contributed by atoms with Crippen LogP contribution in [0.4, 0.5) is 0 Å². The van der Waals surface area contributed by atoms with Crippen LogP contribution in [-0.4, -0.2) is 27.9 Å². The third-order valence-electron chi connectivity index (χ3n) is 3.54. The standard InChI is InChI=1S/C11H15N3O/c1-6-7-3-2-4-14(7)8-5-9(15)10(12)11(8)13-6/h2-4,8-11,13,15H,1,5,12H2/t8-,9-,10-,11-/m1/s1. The van der Waals surface area contributed by atoms with Crippen molar-refractivity contribution in [2.24, 2.45) is 5.73 Å². The van der Waals surface area contributed by atoms with Crippen molar-refractivity contribution in [2.45, 2.75) is 30.7 Å². The molecule has 1 saturated carbocycles. The molecule has 4 atom stereocenters. The topological polar surface area (TPSA) is 63.2 Å². The van der Waals surface area contributed by atoms with E-state index in [1.54, 1.807) is 0 Å². The summed E-state index contributed by atoms with van der Waals surface area (Å²) in [6.07, 6.45) is 2.33. The summed E-state index contributed by atoms with van der Waals surface area (Å²) in [6, 6.07) is 4.18. The maximum atomic E-state index is 9.77. The number of hydrogen-bond donors (Lipinski definition) is 3. The fourth-order valence-corrected chi connectivity index (χ4v) is 2.74. The van der Waals surface area contributed by atoms with Gasteiger partial charge in [-0.3, -0.25) is 0 Å². The molecule has 0 amide bonds. The molecule has 0 unspecified atom stereocenters. The van der Waals surface area contributed by atoms with Gasteiger partial charge in [0.15, 0.2) is 0 Å². The Morgan fingerprint density at radius 2 is 2.40 bits per heavy atom. The molecule has 2 heterocycles. The van der Waals surface area contributed by atoms with Gasteiger partial charge in [0.2, 0.25) is 0 Å². The number of rotatable bonds is 0. The monoisotopic (exact) mass is 205 g/mol. The Hall–Kier alpha value is -1.26. The van der Waals surface area contributed by atoms with Crippen molar-refractivity contribution in [3.63, 3.8) is 0 Å². The van der Waals surface area contributed by atoms with Gasteiger partial charge in [0, 0.05) is 6.20 Å². The first kappa shape index (κ1) is 9.00. The molecular weight excluding hydrogens is 190 g/mol. The molecule has 1 aliphatic carbocycles. The minimum atomic E-state index is -0.423. The Labute approximate surface area is 88.4 Å². The number of nitrogens with one attached hydrogen (secondary N) is 1. The van der Waals surface area contributed by atoms with Crippen molar-refractivity contribution in [3.8, 4) is 0 Å². The van der Waals surface area contributed by atoms with Crippen LogP contribution in [0, 0.1) is 0 Å². The number of nitrogens with two attached hydrogens (primary N) is 1. The van der Waals surface area contributed by atoms with E-state index >= 15 is 0 Å². The van der Waals surface area contributed by atoms with Crippen LogP contribution in [0.3, 0.4) is 0 Å². The van der Waals surface area contributed by atoms with Crippen molar-refractivity contribution in [3.05, 3.63) is 30.6 Å². The zero-order valence-electron chi connectivity index (χ0n) is 8.43. The Kier molecular flexibility index (Phi) is 1.72. The van der Waals surface area contributed by atoms with E-state index in [4.69, 9.17) is 5.73 Å². The normalized spacial score (nSPS) is 38.4. The first-order chi connectivity index (χ1) is 7.18. The van der Waals surface area contributed by atoms with Crippen LogP contribution < -0.4 is 11.1 Å². The van der Waals surface area contributed by atoms with Crippen molar-refractivity contribution in [1.29, 1.82) is 0 Å². The molecule has 3 rings (SSSR count). The molecule has 1 fully saturated rings. The number of hydrogen-bond acceptors (Lipinski definition) is 3. The van der Waals surface area contributed by atoms with Gasteiger partial charge in [-0.25, -0.2) is 0 Å². The molecular formula is C11H15N3O. The van der Waals surface area contributed by atoms with E-state index in [-0.39, 0.29) is 18.1 Å². The molecule has 4 N–H and O–H groups in total. The maximum absolute atomic E-state index is 9.77. The number of aliphatic hydroxyl groups is 1. The van der Waals surface area contributed by atoms with Crippen LogP contribution in [-0.2, 0) is 0 Å². The third-order valence-corrected chi connectivity index (χ3v) is 3.54. The molecule has 0 spiro atoms. The van der Waals surface area contributed by atoms with Gasteiger partial charge in [0.25, 0.3) is 0 Å². The van der Waals surface area contributed by atoms with Crippen molar-refractivity contribution < 1.29 is 5.11 Å². The fourth-order valence-electron chi connectivity index (χ4n) is 2.74. The van der Waals surface area contributed by atoms with Gasteiger partial charge in [-0.15, -0.1) is 0 Å². The Morgan fingerprint density at radius 1 is 1.60 bits per heavy atom. The molecule has 0 saturated heterocycles. The maximum Gasteiger partial charge on any atom is 0.0732 e.